The van der Waals surface area contributed by atoms with E-state index < -0.39 is 0 Å². The highest BCUT2D eigenvalue weighted by Crippen LogP contribution is 1.90. The molecular formula is C5H10N2. The summed E-state index contributed by atoms with van der Waals surface area (Å²) in [6.45, 7) is 2.19. The van der Waals surface area contributed by atoms with Gasteiger partial charge in [0.25, 0.3) is 0 Å². The van der Waals surface area contributed by atoms with Crippen molar-refractivity contribution in [1.82, 2.24) is 4.90 Å². The molecule has 0 saturated carbocycles. The van der Waals surface area contributed by atoms with Crippen LogP contribution in [0, 0.1) is 0 Å². The number of hydrogen-bond acceptors (Lipinski definition) is 2. The fourth-order valence-electron chi connectivity index (χ4n) is 0.666. The molecule has 40 valence electrons. The zero-order chi connectivity index (χ0) is 5.11. The smallest absolute Gasteiger partial charge is 0.0847 e. The largest absolute Gasteiger partial charge is 0.366 e. The second-order valence-corrected chi connectivity index (χ2v) is 1.86. The first-order chi connectivity index (χ1) is 3.39. The summed E-state index contributed by atoms with van der Waals surface area (Å²) in [6.07, 6.45) is 3.11. The van der Waals surface area contributed by atoms with Crippen LogP contribution in [0.3, 0.4) is 0 Å². The number of aliphatic imine (C=N–C) groups is 1. The van der Waals surface area contributed by atoms with Gasteiger partial charge in [-0.3, -0.25) is 4.99 Å². The zero-order valence-electron chi connectivity index (χ0n) is 4.59. The lowest BCUT2D eigenvalue weighted by molar-refractivity contribution is 0.482. The predicted molar refractivity (Wildman–Crippen MR) is 30.6 cm³/mol. The van der Waals surface area contributed by atoms with Crippen LogP contribution < -0.4 is 0 Å². The monoisotopic (exact) mass is 98.1 g/mol. The number of rotatable bonds is 0. The quantitative estimate of drug-likeness (QED) is 0.427. The maximum atomic E-state index is 4.06. The van der Waals surface area contributed by atoms with Gasteiger partial charge in [-0.1, -0.05) is 0 Å². The molecule has 0 aromatic rings. The van der Waals surface area contributed by atoms with Crippen molar-refractivity contribution in [2.24, 2.45) is 4.99 Å². The molecule has 0 fully saturated rings. The maximum Gasteiger partial charge on any atom is 0.0847 e. The van der Waals surface area contributed by atoms with Crippen molar-refractivity contribution in [2.75, 3.05) is 20.1 Å². The third-order valence-electron chi connectivity index (χ3n) is 1.08. The molecule has 7 heavy (non-hydrogen) atoms. The van der Waals surface area contributed by atoms with Crippen LogP contribution in [0.5, 0.6) is 0 Å². The molecular weight excluding hydrogens is 88.1 g/mol. The van der Waals surface area contributed by atoms with Gasteiger partial charge in [0.1, 0.15) is 0 Å². The third kappa shape index (κ3) is 1.18. The van der Waals surface area contributed by atoms with Gasteiger partial charge < -0.3 is 4.90 Å². The third-order valence-corrected chi connectivity index (χ3v) is 1.08. The van der Waals surface area contributed by atoms with E-state index in [2.05, 4.69) is 9.89 Å². The molecule has 0 atom stereocenters. The van der Waals surface area contributed by atoms with Crippen molar-refractivity contribution in [3.63, 3.8) is 0 Å². The molecule has 0 spiro atoms. The van der Waals surface area contributed by atoms with Gasteiger partial charge in [0.2, 0.25) is 0 Å². The highest BCUT2D eigenvalue weighted by molar-refractivity contribution is 5.54. The lowest BCUT2D eigenvalue weighted by atomic mass is 10.4. The highest BCUT2D eigenvalue weighted by atomic mass is 15.1. The SMILES string of the molecule is CN1C=NCCC1. The van der Waals surface area contributed by atoms with Crippen molar-refractivity contribution < 1.29 is 0 Å². The molecule has 0 aromatic heterocycles. The van der Waals surface area contributed by atoms with Gasteiger partial charge in [-0.25, -0.2) is 0 Å². The number of hydrogen-bond donors (Lipinski definition) is 0. The first kappa shape index (κ1) is 4.62. The summed E-state index contributed by atoms with van der Waals surface area (Å²) in [6, 6.07) is 0. The van der Waals surface area contributed by atoms with Gasteiger partial charge in [-0.2, -0.15) is 0 Å². The normalized spacial score (nSPS) is 20.4. The fourth-order valence-corrected chi connectivity index (χ4v) is 0.666. The van der Waals surface area contributed by atoms with E-state index in [4.69, 9.17) is 0 Å². The molecule has 1 rings (SSSR count). The van der Waals surface area contributed by atoms with Gasteiger partial charge in [-0.05, 0) is 6.42 Å². The molecule has 0 bridgehead atoms. The molecule has 0 unspecified atom stereocenters. The molecule has 2 nitrogen and oxygen atoms in total. The topological polar surface area (TPSA) is 15.6 Å². The average Bonchev–Trinajstić information content (AvgIpc) is 1.69. The standard InChI is InChI=1S/C5H10N2/c1-7-4-2-3-6-5-7/h5H,2-4H2,1H3. The van der Waals surface area contributed by atoms with Crippen molar-refractivity contribution in [1.29, 1.82) is 0 Å². The van der Waals surface area contributed by atoms with Gasteiger partial charge in [0, 0.05) is 20.1 Å². The first-order valence-corrected chi connectivity index (χ1v) is 2.60. The summed E-state index contributed by atoms with van der Waals surface area (Å²) in [5, 5.41) is 0. The summed E-state index contributed by atoms with van der Waals surface area (Å²) >= 11 is 0. The minimum atomic E-state index is 1.02. The maximum absolute atomic E-state index is 4.06. The number of nitrogens with zero attached hydrogens (tertiary/aromatic N) is 2. The second kappa shape index (κ2) is 1.96. The van der Waals surface area contributed by atoms with E-state index in [1.54, 1.807) is 0 Å². The Kier molecular flexibility index (Phi) is 1.29. The van der Waals surface area contributed by atoms with Crippen LogP contribution in [0.15, 0.2) is 4.99 Å². The van der Waals surface area contributed by atoms with E-state index in [9.17, 15) is 0 Å². The molecule has 0 aromatic carbocycles. The summed E-state index contributed by atoms with van der Waals surface area (Å²) in [5.74, 6) is 0. The summed E-state index contributed by atoms with van der Waals surface area (Å²) in [5.41, 5.74) is 0. The lowest BCUT2D eigenvalue weighted by Crippen LogP contribution is -2.21. The molecule has 0 saturated heterocycles. The van der Waals surface area contributed by atoms with E-state index in [1.165, 1.54) is 13.0 Å². The Morgan fingerprint density at radius 2 is 2.57 bits per heavy atom. The van der Waals surface area contributed by atoms with Crippen LogP contribution >= 0.6 is 0 Å². The molecule has 2 heteroatoms. The van der Waals surface area contributed by atoms with Crippen LogP contribution in [0.4, 0.5) is 0 Å². The molecule has 1 aliphatic heterocycles. The molecule has 0 aliphatic carbocycles. The van der Waals surface area contributed by atoms with Crippen molar-refractivity contribution >= 4 is 6.34 Å². The molecule has 0 amide bonds. The van der Waals surface area contributed by atoms with Crippen LogP contribution in [-0.4, -0.2) is 31.4 Å². The molecule has 0 radical (unpaired) electrons. The first-order valence-electron chi connectivity index (χ1n) is 2.60. The van der Waals surface area contributed by atoms with Gasteiger partial charge in [0.15, 0.2) is 0 Å². The van der Waals surface area contributed by atoms with Crippen molar-refractivity contribution in [3.05, 3.63) is 0 Å². The Bertz CT molecular complexity index is 78.1. The van der Waals surface area contributed by atoms with E-state index in [0.29, 0.717) is 0 Å². The van der Waals surface area contributed by atoms with E-state index in [-0.39, 0.29) is 0 Å². The van der Waals surface area contributed by atoms with Gasteiger partial charge in [0.05, 0.1) is 6.34 Å². The predicted octanol–water partition coefficient (Wildman–Crippen LogP) is 0.350. The van der Waals surface area contributed by atoms with Crippen molar-refractivity contribution in [3.8, 4) is 0 Å². The molecule has 0 N–H and O–H groups in total. The fraction of sp³-hybridized carbons (Fsp3) is 0.800. The Balaban J connectivity index is 2.36. The van der Waals surface area contributed by atoms with Gasteiger partial charge in [-0.15, -0.1) is 0 Å². The summed E-state index contributed by atoms with van der Waals surface area (Å²) < 4.78 is 0. The molecule has 1 heterocycles. The minimum absolute atomic E-state index is 1.02. The lowest BCUT2D eigenvalue weighted by Gasteiger charge is -2.15. The molecule has 1 aliphatic rings. The van der Waals surface area contributed by atoms with E-state index >= 15 is 0 Å². The highest BCUT2D eigenvalue weighted by Gasteiger charge is 1.94. The van der Waals surface area contributed by atoms with E-state index in [1.807, 2.05) is 13.4 Å². The van der Waals surface area contributed by atoms with Crippen LogP contribution in [0.2, 0.25) is 0 Å². The minimum Gasteiger partial charge on any atom is -0.366 e. The van der Waals surface area contributed by atoms with Crippen LogP contribution in [0.1, 0.15) is 6.42 Å². The Morgan fingerprint density at radius 1 is 1.71 bits per heavy atom. The average molecular weight is 98.1 g/mol. The zero-order valence-corrected chi connectivity index (χ0v) is 4.59. The van der Waals surface area contributed by atoms with Gasteiger partial charge >= 0.3 is 0 Å². The summed E-state index contributed by atoms with van der Waals surface area (Å²) in [7, 11) is 2.04. The Labute approximate surface area is 43.8 Å². The van der Waals surface area contributed by atoms with E-state index in [0.717, 1.165) is 6.54 Å². The summed E-state index contributed by atoms with van der Waals surface area (Å²) in [4.78, 5) is 6.16. The Morgan fingerprint density at radius 3 is 2.86 bits per heavy atom. The van der Waals surface area contributed by atoms with Crippen LogP contribution in [-0.2, 0) is 0 Å². The Hall–Kier alpha value is -0.530. The second-order valence-electron chi connectivity index (χ2n) is 1.86. The van der Waals surface area contributed by atoms with Crippen LogP contribution in [0.25, 0.3) is 0 Å². The van der Waals surface area contributed by atoms with Crippen molar-refractivity contribution in [2.45, 2.75) is 6.42 Å².